The lowest BCUT2D eigenvalue weighted by Gasteiger charge is -2.21. The van der Waals surface area contributed by atoms with Crippen LogP contribution in [0.3, 0.4) is 0 Å². The van der Waals surface area contributed by atoms with Gasteiger partial charge in [0.1, 0.15) is 0 Å². The van der Waals surface area contributed by atoms with E-state index in [1.807, 2.05) is 19.1 Å². The van der Waals surface area contributed by atoms with E-state index < -0.39 is 0 Å². The van der Waals surface area contributed by atoms with Gasteiger partial charge in [0.05, 0.1) is 6.61 Å². The maximum Gasteiger partial charge on any atom is 0.0616 e. The molecule has 17 heavy (non-hydrogen) atoms. The second-order valence-electron chi connectivity index (χ2n) is 4.11. The van der Waals surface area contributed by atoms with E-state index in [1.165, 1.54) is 0 Å². The van der Waals surface area contributed by atoms with Crippen molar-refractivity contribution in [2.45, 2.75) is 32.9 Å². The van der Waals surface area contributed by atoms with Crippen LogP contribution in [0.1, 0.15) is 32.4 Å². The Hall–Kier alpha value is -0.280. The molecule has 0 radical (unpaired) electrons. The van der Waals surface area contributed by atoms with Gasteiger partial charge in [0.2, 0.25) is 0 Å². The molecule has 0 aliphatic carbocycles. The summed E-state index contributed by atoms with van der Waals surface area (Å²) in [4.78, 5) is 0. The number of hydrogen-bond acceptors (Lipinski definition) is 2. The zero-order chi connectivity index (χ0) is 12.8. The van der Waals surface area contributed by atoms with Crippen LogP contribution in [0.4, 0.5) is 0 Å². The van der Waals surface area contributed by atoms with Crippen LogP contribution in [-0.4, -0.2) is 19.3 Å². The molecule has 0 aliphatic rings. The molecule has 0 aliphatic heterocycles. The Labute approximate surface area is 113 Å². The number of ether oxygens (including phenoxy) is 1. The third-order valence-electron chi connectivity index (χ3n) is 2.53. The van der Waals surface area contributed by atoms with Gasteiger partial charge in [-0.3, -0.25) is 0 Å². The SMILES string of the molecule is CCOCC(C)NC(C)c1cc(Cl)ccc1Cl. The standard InChI is InChI=1S/C13H19Cl2NO/c1-4-17-8-9(2)16-10(3)12-7-11(14)5-6-13(12)15/h5-7,9-10,16H,4,8H2,1-3H3. The van der Waals surface area contributed by atoms with Crippen LogP contribution in [0.2, 0.25) is 10.0 Å². The molecule has 0 fully saturated rings. The molecule has 0 spiro atoms. The lowest BCUT2D eigenvalue weighted by atomic mass is 10.1. The average molecular weight is 276 g/mol. The summed E-state index contributed by atoms with van der Waals surface area (Å²) in [5, 5.41) is 4.87. The van der Waals surface area contributed by atoms with Gasteiger partial charge in [0, 0.05) is 28.7 Å². The van der Waals surface area contributed by atoms with Gasteiger partial charge in [-0.15, -0.1) is 0 Å². The molecule has 2 unspecified atom stereocenters. The zero-order valence-corrected chi connectivity index (χ0v) is 12.0. The summed E-state index contributed by atoms with van der Waals surface area (Å²) in [7, 11) is 0. The van der Waals surface area contributed by atoms with Crippen molar-refractivity contribution in [2.24, 2.45) is 0 Å². The Balaban J connectivity index is 2.62. The zero-order valence-electron chi connectivity index (χ0n) is 10.5. The smallest absolute Gasteiger partial charge is 0.0616 e. The first-order chi connectivity index (χ1) is 8.04. The number of halogens is 2. The van der Waals surface area contributed by atoms with Crippen LogP contribution in [0.25, 0.3) is 0 Å². The minimum Gasteiger partial charge on any atom is -0.380 e. The third-order valence-corrected chi connectivity index (χ3v) is 3.11. The fourth-order valence-corrected chi connectivity index (χ4v) is 2.17. The molecule has 1 rings (SSSR count). The van der Waals surface area contributed by atoms with Crippen molar-refractivity contribution in [2.75, 3.05) is 13.2 Å². The minimum atomic E-state index is 0.150. The topological polar surface area (TPSA) is 21.3 Å². The Bertz CT molecular complexity index is 357. The van der Waals surface area contributed by atoms with E-state index >= 15 is 0 Å². The van der Waals surface area contributed by atoms with Gasteiger partial charge in [-0.05, 0) is 44.5 Å². The molecule has 0 saturated carbocycles. The van der Waals surface area contributed by atoms with Crippen molar-refractivity contribution >= 4 is 23.2 Å². The number of rotatable bonds is 6. The molecule has 4 heteroatoms. The van der Waals surface area contributed by atoms with Crippen molar-refractivity contribution in [3.8, 4) is 0 Å². The summed E-state index contributed by atoms with van der Waals surface area (Å²) < 4.78 is 5.36. The van der Waals surface area contributed by atoms with Crippen molar-refractivity contribution in [1.82, 2.24) is 5.32 Å². The van der Waals surface area contributed by atoms with Crippen LogP contribution < -0.4 is 5.32 Å². The summed E-state index contributed by atoms with van der Waals surface area (Å²) in [5.74, 6) is 0. The molecule has 0 saturated heterocycles. The summed E-state index contributed by atoms with van der Waals surface area (Å²) in [6.07, 6.45) is 0. The van der Waals surface area contributed by atoms with Crippen molar-refractivity contribution in [1.29, 1.82) is 0 Å². The highest BCUT2D eigenvalue weighted by atomic mass is 35.5. The maximum atomic E-state index is 6.15. The second-order valence-corrected chi connectivity index (χ2v) is 4.96. The normalized spacial score (nSPS) is 14.6. The van der Waals surface area contributed by atoms with Crippen LogP contribution in [-0.2, 0) is 4.74 Å². The van der Waals surface area contributed by atoms with Gasteiger partial charge >= 0.3 is 0 Å². The first kappa shape index (κ1) is 14.8. The maximum absolute atomic E-state index is 6.15. The monoisotopic (exact) mass is 275 g/mol. The van der Waals surface area contributed by atoms with Gasteiger partial charge in [-0.25, -0.2) is 0 Å². The molecule has 0 aromatic heterocycles. The van der Waals surface area contributed by atoms with E-state index in [1.54, 1.807) is 6.07 Å². The summed E-state index contributed by atoms with van der Waals surface area (Å²) >= 11 is 12.1. The quantitative estimate of drug-likeness (QED) is 0.845. The summed E-state index contributed by atoms with van der Waals surface area (Å²) in [5.41, 5.74) is 1.02. The molecule has 1 N–H and O–H groups in total. The Kier molecular flexibility index (Phi) is 6.28. The number of nitrogens with one attached hydrogen (secondary N) is 1. The van der Waals surface area contributed by atoms with E-state index in [0.717, 1.165) is 17.2 Å². The van der Waals surface area contributed by atoms with E-state index in [-0.39, 0.29) is 12.1 Å². The van der Waals surface area contributed by atoms with E-state index in [2.05, 4.69) is 19.2 Å². The molecular formula is C13H19Cl2NO. The van der Waals surface area contributed by atoms with Gasteiger partial charge in [-0.1, -0.05) is 23.2 Å². The van der Waals surface area contributed by atoms with Crippen LogP contribution >= 0.6 is 23.2 Å². The van der Waals surface area contributed by atoms with Crippen LogP contribution in [0.5, 0.6) is 0 Å². The molecule has 2 atom stereocenters. The molecule has 2 nitrogen and oxygen atoms in total. The third kappa shape index (κ3) is 4.84. The van der Waals surface area contributed by atoms with Crippen LogP contribution in [0.15, 0.2) is 18.2 Å². The first-order valence-electron chi connectivity index (χ1n) is 5.83. The highest BCUT2D eigenvalue weighted by Gasteiger charge is 2.12. The Morgan fingerprint density at radius 1 is 1.29 bits per heavy atom. The Morgan fingerprint density at radius 2 is 2.00 bits per heavy atom. The molecule has 1 aromatic carbocycles. The predicted octanol–water partition coefficient (Wildman–Crippen LogP) is 4.07. The van der Waals surface area contributed by atoms with Gasteiger partial charge in [0.15, 0.2) is 0 Å². The van der Waals surface area contributed by atoms with Crippen LogP contribution in [0, 0.1) is 0 Å². The number of benzene rings is 1. The molecule has 96 valence electrons. The average Bonchev–Trinajstić information content (AvgIpc) is 2.29. The first-order valence-corrected chi connectivity index (χ1v) is 6.59. The van der Waals surface area contributed by atoms with E-state index in [9.17, 15) is 0 Å². The van der Waals surface area contributed by atoms with Crippen molar-refractivity contribution in [3.63, 3.8) is 0 Å². The number of hydrogen-bond donors (Lipinski definition) is 1. The second kappa shape index (κ2) is 7.22. The van der Waals surface area contributed by atoms with E-state index in [0.29, 0.717) is 11.6 Å². The molecule has 1 aromatic rings. The lowest BCUT2D eigenvalue weighted by Crippen LogP contribution is -2.33. The molecular weight excluding hydrogens is 257 g/mol. The summed E-state index contributed by atoms with van der Waals surface area (Å²) in [6.45, 7) is 7.58. The molecule has 0 amide bonds. The van der Waals surface area contributed by atoms with Crippen molar-refractivity contribution in [3.05, 3.63) is 33.8 Å². The Morgan fingerprint density at radius 3 is 2.65 bits per heavy atom. The fraction of sp³-hybridized carbons (Fsp3) is 0.538. The predicted molar refractivity (Wildman–Crippen MR) is 74.0 cm³/mol. The van der Waals surface area contributed by atoms with E-state index in [4.69, 9.17) is 27.9 Å². The van der Waals surface area contributed by atoms with Gasteiger partial charge < -0.3 is 10.1 Å². The fourth-order valence-electron chi connectivity index (χ4n) is 1.71. The molecule has 0 bridgehead atoms. The van der Waals surface area contributed by atoms with Gasteiger partial charge in [-0.2, -0.15) is 0 Å². The lowest BCUT2D eigenvalue weighted by molar-refractivity contribution is 0.124. The minimum absolute atomic E-state index is 0.150. The molecule has 0 heterocycles. The highest BCUT2D eigenvalue weighted by Crippen LogP contribution is 2.26. The van der Waals surface area contributed by atoms with Gasteiger partial charge in [0.25, 0.3) is 0 Å². The highest BCUT2D eigenvalue weighted by molar-refractivity contribution is 6.33. The summed E-state index contributed by atoms with van der Waals surface area (Å²) in [6, 6.07) is 5.94. The van der Waals surface area contributed by atoms with Crippen molar-refractivity contribution < 1.29 is 4.74 Å². The largest absolute Gasteiger partial charge is 0.380 e.